The first kappa shape index (κ1) is 30.1. The van der Waals surface area contributed by atoms with Crippen molar-refractivity contribution in [3.8, 4) is 0 Å². The van der Waals surface area contributed by atoms with Crippen molar-refractivity contribution in [1.29, 1.82) is 0 Å². The predicted octanol–water partition coefficient (Wildman–Crippen LogP) is -0.978. The molecule has 1 N–H and O–H groups in total. The second kappa shape index (κ2) is 14.5. The molecule has 6 heteroatoms. The Bertz CT molecular complexity index is 923. The maximum absolute atomic E-state index is 13.2. The number of carbonyl (C=O) groups excluding carboxylic acids is 1. The Morgan fingerprint density at radius 1 is 0.879 bits per heavy atom. The molecule has 0 saturated carbocycles. The number of carbonyl (C=O) groups is 1. The van der Waals surface area contributed by atoms with Crippen molar-refractivity contribution in [3.05, 3.63) is 80.7 Å². The Kier molecular flexibility index (Phi) is 13.2. The van der Waals surface area contributed by atoms with Crippen LogP contribution in [0, 0.1) is 5.92 Å². The molecule has 0 radical (unpaired) electrons. The molecular formula is C27H36Cl2HfNOSi. The number of amides is 1. The van der Waals surface area contributed by atoms with E-state index in [0.717, 1.165) is 19.3 Å². The summed E-state index contributed by atoms with van der Waals surface area (Å²) in [6, 6.07) is 22.1. The standard InChI is InChI=1S/C12H11Si.C9H13.C6H13NO.2ClH.Hf/c1-3-7-11(8-4-1)13-12-9-5-2-6-10-12;1-6-5-7(2)9(4)8(6)3;1-2-3-4-5-6(7)8;;;/h1-10,13H;6H,1-4H3;2-5H2,1H3,(H2,7,8);2*1H;/q;;;;;+3/p-3. The first-order valence-corrected chi connectivity index (χ1v) is 23.2. The number of nitrogens with one attached hydrogen (secondary N) is 1. The van der Waals surface area contributed by atoms with E-state index in [1.807, 2.05) is 0 Å². The number of hydrogen-bond acceptors (Lipinski definition) is 1. The van der Waals surface area contributed by atoms with Crippen LogP contribution in [0.2, 0.25) is 0 Å². The van der Waals surface area contributed by atoms with Gasteiger partial charge >= 0.3 is 198 Å². The van der Waals surface area contributed by atoms with Crippen molar-refractivity contribution in [1.82, 2.24) is 3.30 Å². The minimum atomic E-state index is -2.77. The van der Waals surface area contributed by atoms with Crippen LogP contribution in [-0.2, 0) is 25.7 Å². The number of benzene rings is 2. The molecule has 0 spiro atoms. The van der Waals surface area contributed by atoms with E-state index in [2.05, 4.69) is 98.6 Å². The maximum Gasteiger partial charge on any atom is -1.00 e. The molecule has 1 amide bonds. The van der Waals surface area contributed by atoms with Crippen molar-refractivity contribution in [3.63, 3.8) is 0 Å². The molecule has 3 rings (SSSR count). The van der Waals surface area contributed by atoms with Crippen LogP contribution in [-0.4, -0.2) is 11.9 Å². The first-order valence-electron chi connectivity index (χ1n) is 11.6. The van der Waals surface area contributed by atoms with E-state index in [1.165, 1.54) is 27.1 Å². The zero-order valence-corrected chi connectivity index (χ0v) is 26.7. The average molecular weight is 668 g/mol. The predicted molar refractivity (Wildman–Crippen MR) is 132 cm³/mol. The van der Waals surface area contributed by atoms with E-state index in [-0.39, 0.29) is 30.7 Å². The molecule has 0 bridgehead atoms. The Morgan fingerprint density at radius 2 is 1.39 bits per heavy atom. The number of hydrogen-bond donors (Lipinski definition) is 1. The van der Waals surface area contributed by atoms with Gasteiger partial charge in [0.2, 0.25) is 0 Å². The molecule has 1 unspecified atom stereocenters. The molecule has 0 saturated heterocycles. The molecule has 0 fully saturated rings. The molecule has 0 heterocycles. The fraction of sp³-hybridized carbons (Fsp3) is 0.370. The van der Waals surface area contributed by atoms with Gasteiger partial charge in [0.1, 0.15) is 0 Å². The summed E-state index contributed by atoms with van der Waals surface area (Å²) in [7, 11) is 0. The van der Waals surface area contributed by atoms with Crippen LogP contribution < -0.4 is 38.5 Å². The van der Waals surface area contributed by atoms with Gasteiger partial charge in [0.15, 0.2) is 0 Å². The zero-order chi connectivity index (χ0) is 22.4. The second-order valence-corrected chi connectivity index (χ2v) is 27.7. The third-order valence-electron chi connectivity index (χ3n) is 6.77. The summed E-state index contributed by atoms with van der Waals surface area (Å²) in [6.45, 7) is 11.4. The van der Waals surface area contributed by atoms with Gasteiger partial charge in [0, 0.05) is 0 Å². The maximum atomic E-state index is 13.2. The first-order chi connectivity index (χ1) is 15.0. The fourth-order valence-electron chi connectivity index (χ4n) is 4.66. The molecule has 1 atom stereocenters. The van der Waals surface area contributed by atoms with Crippen molar-refractivity contribution < 1.29 is 50.5 Å². The van der Waals surface area contributed by atoms with Crippen LogP contribution in [0.25, 0.3) is 0 Å². The zero-order valence-electron chi connectivity index (χ0n) is 20.4. The normalized spacial score (nSPS) is 15.3. The van der Waals surface area contributed by atoms with Gasteiger partial charge in [-0.3, -0.25) is 0 Å². The molecule has 33 heavy (non-hydrogen) atoms. The summed E-state index contributed by atoms with van der Waals surface area (Å²) in [6.07, 6.45) is 3.94. The summed E-state index contributed by atoms with van der Waals surface area (Å²) >= 11 is -2.77. The number of unbranched alkanes of at least 4 members (excludes halogenated alkanes) is 2. The smallest absolute Gasteiger partial charge is 1.00 e. The number of rotatable bonds is 9. The third-order valence-corrected chi connectivity index (χ3v) is 33.5. The summed E-state index contributed by atoms with van der Waals surface area (Å²) in [4.78, 5) is 13.2. The Balaban J connectivity index is 0.00000272. The molecule has 2 aromatic rings. The van der Waals surface area contributed by atoms with Gasteiger partial charge in [-0.2, -0.15) is 0 Å². The van der Waals surface area contributed by atoms with E-state index in [4.69, 9.17) is 0 Å². The van der Waals surface area contributed by atoms with Crippen LogP contribution in [0.15, 0.2) is 80.7 Å². The third kappa shape index (κ3) is 7.27. The summed E-state index contributed by atoms with van der Waals surface area (Å²) < 4.78 is 5.40. The van der Waals surface area contributed by atoms with Crippen LogP contribution in [0.1, 0.15) is 60.3 Å². The van der Waals surface area contributed by atoms with Crippen molar-refractivity contribution in [2.75, 3.05) is 0 Å². The second-order valence-electron chi connectivity index (χ2n) is 8.74. The molecule has 0 aromatic heterocycles. The van der Waals surface area contributed by atoms with Crippen molar-refractivity contribution >= 4 is 22.3 Å². The Labute approximate surface area is 221 Å². The Morgan fingerprint density at radius 3 is 1.82 bits per heavy atom. The molecular weight excluding hydrogens is 632 g/mol. The van der Waals surface area contributed by atoms with Gasteiger partial charge in [-0.1, -0.05) is 0 Å². The topological polar surface area (TPSA) is 29.1 Å². The van der Waals surface area contributed by atoms with Gasteiger partial charge in [0.05, 0.1) is 0 Å². The Hall–Kier alpha value is -0.943. The van der Waals surface area contributed by atoms with Crippen LogP contribution >= 0.6 is 0 Å². The SMILES string of the molecule is CCCCCC(=O)[NH][Hf+2]([C]1=C(C)C(C)=C(C)C1C)[SiH](c1ccccc1)c1ccccc1.[Cl-].[Cl-]. The van der Waals surface area contributed by atoms with Crippen LogP contribution in [0.4, 0.5) is 0 Å². The van der Waals surface area contributed by atoms with Gasteiger partial charge in [0.25, 0.3) is 0 Å². The minimum Gasteiger partial charge on any atom is -1.00 e. The number of allylic oxidation sites excluding steroid dienone is 4. The molecule has 2 nitrogen and oxygen atoms in total. The summed E-state index contributed by atoms with van der Waals surface area (Å²) in [5.41, 5.74) is 4.40. The van der Waals surface area contributed by atoms with E-state index >= 15 is 0 Å². The van der Waals surface area contributed by atoms with E-state index < -0.39 is 26.9 Å². The van der Waals surface area contributed by atoms with E-state index in [1.54, 1.807) is 3.33 Å². The largest absolute Gasteiger partial charge is 1.00 e. The van der Waals surface area contributed by atoms with Gasteiger partial charge in [-0.15, -0.1) is 0 Å². The van der Waals surface area contributed by atoms with Crippen LogP contribution in [0.3, 0.4) is 0 Å². The molecule has 177 valence electrons. The summed E-state index contributed by atoms with van der Waals surface area (Å²) in [5.74, 6) is -0.805. The van der Waals surface area contributed by atoms with Gasteiger partial charge in [-0.25, -0.2) is 0 Å². The quantitative estimate of drug-likeness (QED) is 0.271. The number of halogens is 2. The molecule has 1 aliphatic rings. The molecule has 1 aliphatic carbocycles. The molecule has 2 aromatic carbocycles. The average Bonchev–Trinajstić information content (AvgIpc) is 2.97. The van der Waals surface area contributed by atoms with Gasteiger partial charge < -0.3 is 24.8 Å². The summed E-state index contributed by atoms with van der Waals surface area (Å²) in [5, 5.41) is 2.94. The van der Waals surface area contributed by atoms with E-state index in [0.29, 0.717) is 12.3 Å². The van der Waals surface area contributed by atoms with Gasteiger partial charge in [-0.05, 0) is 0 Å². The minimum absolute atomic E-state index is 0. The van der Waals surface area contributed by atoms with Crippen molar-refractivity contribution in [2.24, 2.45) is 5.92 Å². The van der Waals surface area contributed by atoms with Crippen molar-refractivity contribution in [2.45, 2.75) is 60.3 Å². The van der Waals surface area contributed by atoms with Crippen LogP contribution in [0.5, 0.6) is 0 Å². The fourth-order valence-corrected chi connectivity index (χ4v) is 35.3. The monoisotopic (exact) mass is 668 g/mol. The molecule has 0 aliphatic heterocycles. The van der Waals surface area contributed by atoms with E-state index in [9.17, 15) is 4.79 Å².